The molecule has 1 fully saturated rings. The summed E-state index contributed by atoms with van der Waals surface area (Å²) < 4.78 is 12.4. The number of rotatable bonds is 4. The SMILES string of the molecule is CNCC(=Cc1ccc2nccnc2c1)B1OC(C)(C)C(C)(C)O1. The molecule has 0 radical (unpaired) electrons. The first-order chi connectivity index (χ1) is 11.3. The maximum absolute atomic E-state index is 6.18. The molecule has 1 aromatic carbocycles. The molecule has 0 atom stereocenters. The Bertz CT molecular complexity index is 758. The Balaban J connectivity index is 1.93. The van der Waals surface area contributed by atoms with E-state index in [0.717, 1.165) is 22.1 Å². The number of aromatic nitrogens is 2. The normalized spacial score (nSPS) is 19.9. The Morgan fingerprint density at radius 2 is 1.71 bits per heavy atom. The summed E-state index contributed by atoms with van der Waals surface area (Å²) in [5, 5.41) is 3.20. The fraction of sp³-hybridized carbons (Fsp3) is 0.444. The van der Waals surface area contributed by atoms with Gasteiger partial charge in [0.1, 0.15) is 0 Å². The fourth-order valence-corrected chi connectivity index (χ4v) is 2.69. The van der Waals surface area contributed by atoms with E-state index in [1.165, 1.54) is 0 Å². The van der Waals surface area contributed by atoms with Crippen LogP contribution in [-0.2, 0) is 9.31 Å². The molecule has 1 saturated heterocycles. The average Bonchev–Trinajstić information content (AvgIpc) is 2.75. The van der Waals surface area contributed by atoms with E-state index in [-0.39, 0.29) is 18.3 Å². The second-order valence-corrected chi connectivity index (χ2v) is 7.14. The maximum atomic E-state index is 6.18. The Hall–Kier alpha value is -1.76. The summed E-state index contributed by atoms with van der Waals surface area (Å²) in [4.78, 5) is 8.68. The van der Waals surface area contributed by atoms with E-state index in [0.29, 0.717) is 6.54 Å². The van der Waals surface area contributed by atoms with Gasteiger partial charge in [-0.2, -0.15) is 0 Å². The quantitative estimate of drug-likeness (QED) is 0.876. The van der Waals surface area contributed by atoms with Crippen LogP contribution < -0.4 is 5.32 Å². The maximum Gasteiger partial charge on any atom is 0.491 e. The van der Waals surface area contributed by atoms with Crippen LogP contribution in [0.4, 0.5) is 0 Å². The molecule has 1 aliphatic heterocycles. The number of benzene rings is 1. The zero-order valence-corrected chi connectivity index (χ0v) is 15.0. The molecule has 0 bridgehead atoms. The summed E-state index contributed by atoms with van der Waals surface area (Å²) in [6.45, 7) is 8.95. The third-order valence-electron chi connectivity index (χ3n) is 4.78. The van der Waals surface area contributed by atoms with Crippen LogP contribution in [0.15, 0.2) is 36.1 Å². The van der Waals surface area contributed by atoms with Gasteiger partial charge in [0.15, 0.2) is 0 Å². The zero-order valence-electron chi connectivity index (χ0n) is 15.0. The van der Waals surface area contributed by atoms with Crippen LogP contribution in [0.2, 0.25) is 0 Å². The third-order valence-corrected chi connectivity index (χ3v) is 4.78. The van der Waals surface area contributed by atoms with E-state index < -0.39 is 0 Å². The van der Waals surface area contributed by atoms with Gasteiger partial charge in [0.25, 0.3) is 0 Å². The predicted molar refractivity (Wildman–Crippen MR) is 97.5 cm³/mol. The fourth-order valence-electron chi connectivity index (χ4n) is 2.69. The van der Waals surface area contributed by atoms with Crippen molar-refractivity contribution in [3.05, 3.63) is 41.6 Å². The van der Waals surface area contributed by atoms with Crippen molar-refractivity contribution in [2.24, 2.45) is 0 Å². The molecule has 0 spiro atoms. The molecule has 1 N–H and O–H groups in total. The number of fused-ring (bicyclic) bond motifs is 1. The molecular weight excluding hydrogens is 301 g/mol. The zero-order chi connectivity index (χ0) is 17.4. The molecule has 3 rings (SSSR count). The lowest BCUT2D eigenvalue weighted by Crippen LogP contribution is -2.41. The van der Waals surface area contributed by atoms with E-state index in [1.807, 2.05) is 25.2 Å². The lowest BCUT2D eigenvalue weighted by atomic mass is 9.77. The van der Waals surface area contributed by atoms with Gasteiger partial charge >= 0.3 is 7.12 Å². The first-order valence-corrected chi connectivity index (χ1v) is 8.24. The van der Waals surface area contributed by atoms with E-state index in [1.54, 1.807) is 12.4 Å². The van der Waals surface area contributed by atoms with Gasteiger partial charge in [-0.25, -0.2) is 0 Å². The number of nitrogens with one attached hydrogen (secondary N) is 1. The van der Waals surface area contributed by atoms with Gasteiger partial charge in [-0.15, -0.1) is 0 Å². The van der Waals surface area contributed by atoms with Gasteiger partial charge in [0.2, 0.25) is 0 Å². The highest BCUT2D eigenvalue weighted by atomic mass is 16.7. The lowest BCUT2D eigenvalue weighted by Gasteiger charge is -2.32. The van der Waals surface area contributed by atoms with Gasteiger partial charge in [-0.3, -0.25) is 9.97 Å². The molecule has 6 heteroatoms. The topological polar surface area (TPSA) is 56.3 Å². The summed E-state index contributed by atoms with van der Waals surface area (Å²) in [5.41, 5.74) is 3.19. The summed E-state index contributed by atoms with van der Waals surface area (Å²) in [6.07, 6.45) is 5.51. The second kappa shape index (κ2) is 6.28. The van der Waals surface area contributed by atoms with Crippen LogP contribution in [0.5, 0.6) is 0 Å². The highest BCUT2D eigenvalue weighted by Crippen LogP contribution is 2.38. The average molecular weight is 325 g/mol. The standard InChI is InChI=1S/C18H24BN3O2/c1-17(2)18(3,4)24-19(23-17)14(12-20-5)10-13-6-7-15-16(11-13)22-9-8-21-15/h6-11,20H,12H2,1-5H3. The molecule has 0 unspecified atom stereocenters. The van der Waals surface area contributed by atoms with Crippen molar-refractivity contribution in [1.82, 2.24) is 15.3 Å². The number of nitrogens with zero attached hydrogens (tertiary/aromatic N) is 2. The number of hydrogen-bond acceptors (Lipinski definition) is 5. The molecule has 0 aliphatic carbocycles. The van der Waals surface area contributed by atoms with Crippen LogP contribution >= 0.6 is 0 Å². The first kappa shape index (κ1) is 17.1. The molecule has 1 aliphatic rings. The van der Waals surface area contributed by atoms with E-state index in [2.05, 4.69) is 49.1 Å². The molecule has 1 aromatic heterocycles. The van der Waals surface area contributed by atoms with Crippen molar-refractivity contribution in [1.29, 1.82) is 0 Å². The van der Waals surface area contributed by atoms with Gasteiger partial charge in [-0.05, 0) is 57.9 Å². The monoisotopic (exact) mass is 325 g/mol. The molecular formula is C18H24BN3O2. The van der Waals surface area contributed by atoms with E-state index >= 15 is 0 Å². The Labute approximate surface area is 143 Å². The van der Waals surface area contributed by atoms with Crippen LogP contribution in [0.1, 0.15) is 33.3 Å². The van der Waals surface area contributed by atoms with Gasteiger partial charge in [-0.1, -0.05) is 12.1 Å². The minimum atomic E-state index is -0.361. The molecule has 126 valence electrons. The summed E-state index contributed by atoms with van der Waals surface area (Å²) in [6, 6.07) is 6.05. The van der Waals surface area contributed by atoms with Crippen molar-refractivity contribution in [3.8, 4) is 0 Å². The van der Waals surface area contributed by atoms with Crippen LogP contribution in [-0.4, -0.2) is 41.9 Å². The van der Waals surface area contributed by atoms with Crippen molar-refractivity contribution in [2.75, 3.05) is 13.6 Å². The molecule has 2 heterocycles. The highest BCUT2D eigenvalue weighted by molar-refractivity contribution is 6.55. The van der Waals surface area contributed by atoms with Crippen LogP contribution in [0.25, 0.3) is 17.1 Å². The minimum absolute atomic E-state index is 0.348. The number of likely N-dealkylation sites (N-methyl/N-ethyl adjacent to an activating group) is 1. The van der Waals surface area contributed by atoms with E-state index in [9.17, 15) is 0 Å². The Morgan fingerprint density at radius 1 is 1.08 bits per heavy atom. The van der Waals surface area contributed by atoms with Gasteiger partial charge in [0.05, 0.1) is 22.2 Å². The number of hydrogen-bond donors (Lipinski definition) is 1. The van der Waals surface area contributed by atoms with Crippen molar-refractivity contribution < 1.29 is 9.31 Å². The molecule has 2 aromatic rings. The third kappa shape index (κ3) is 3.22. The summed E-state index contributed by atoms with van der Waals surface area (Å²) >= 11 is 0. The summed E-state index contributed by atoms with van der Waals surface area (Å²) in [7, 11) is 1.56. The highest BCUT2D eigenvalue weighted by Gasteiger charge is 2.52. The molecule has 5 nitrogen and oxygen atoms in total. The van der Waals surface area contributed by atoms with Crippen LogP contribution in [0, 0.1) is 0 Å². The molecule has 24 heavy (non-hydrogen) atoms. The Kier molecular flexibility index (Phi) is 4.47. The summed E-state index contributed by atoms with van der Waals surface area (Å²) in [5.74, 6) is 0. The molecule has 0 saturated carbocycles. The first-order valence-electron chi connectivity index (χ1n) is 8.24. The smallest absolute Gasteiger partial charge is 0.400 e. The molecule has 0 amide bonds. The van der Waals surface area contributed by atoms with Gasteiger partial charge < -0.3 is 14.6 Å². The van der Waals surface area contributed by atoms with Crippen molar-refractivity contribution in [3.63, 3.8) is 0 Å². The lowest BCUT2D eigenvalue weighted by molar-refractivity contribution is 0.00578. The van der Waals surface area contributed by atoms with Gasteiger partial charge in [0, 0.05) is 18.9 Å². The predicted octanol–water partition coefficient (Wildman–Crippen LogP) is 2.86. The Morgan fingerprint density at radius 3 is 2.33 bits per heavy atom. The van der Waals surface area contributed by atoms with E-state index in [4.69, 9.17) is 9.31 Å². The minimum Gasteiger partial charge on any atom is -0.400 e. The second-order valence-electron chi connectivity index (χ2n) is 7.14. The van der Waals surface area contributed by atoms with Crippen LogP contribution in [0.3, 0.4) is 0 Å². The largest absolute Gasteiger partial charge is 0.491 e. The van der Waals surface area contributed by atoms with Crippen molar-refractivity contribution >= 4 is 24.2 Å². The van der Waals surface area contributed by atoms with Crippen molar-refractivity contribution in [2.45, 2.75) is 38.9 Å².